The van der Waals surface area contributed by atoms with Gasteiger partial charge in [-0.1, -0.05) is 17.7 Å². The number of benzene rings is 1. The van der Waals surface area contributed by atoms with Gasteiger partial charge in [0.1, 0.15) is 11.3 Å². The maximum atomic E-state index is 11.5. The fourth-order valence-corrected chi connectivity index (χ4v) is 3.23. The highest BCUT2D eigenvalue weighted by Gasteiger charge is 2.21. The number of imidazole rings is 1. The molecule has 2 N–H and O–H groups in total. The van der Waals surface area contributed by atoms with Gasteiger partial charge in [-0.15, -0.1) is 0 Å². The molecule has 118 valence electrons. The van der Waals surface area contributed by atoms with Gasteiger partial charge in [-0.05, 0) is 12.1 Å². The van der Waals surface area contributed by atoms with Crippen LogP contribution in [0.3, 0.4) is 0 Å². The lowest BCUT2D eigenvalue weighted by Crippen LogP contribution is -2.47. The van der Waals surface area contributed by atoms with E-state index in [1.54, 1.807) is 6.20 Å². The van der Waals surface area contributed by atoms with Crippen LogP contribution in [0, 0.1) is 0 Å². The number of anilines is 2. The van der Waals surface area contributed by atoms with Crippen molar-refractivity contribution >= 4 is 34.1 Å². The molecule has 23 heavy (non-hydrogen) atoms. The van der Waals surface area contributed by atoms with E-state index in [9.17, 15) is 4.79 Å². The first-order valence-electron chi connectivity index (χ1n) is 7.39. The molecule has 2 aromatic heterocycles. The number of aromatic amines is 2. The summed E-state index contributed by atoms with van der Waals surface area (Å²) in [5.41, 5.74) is 2.54. The normalized spacial score (nSPS) is 15.3. The van der Waals surface area contributed by atoms with Crippen LogP contribution in [0.2, 0.25) is 5.02 Å². The van der Waals surface area contributed by atoms with Crippen molar-refractivity contribution in [2.75, 3.05) is 36.0 Å². The lowest BCUT2D eigenvalue weighted by Gasteiger charge is -2.37. The summed E-state index contributed by atoms with van der Waals surface area (Å²) < 4.78 is 0. The lowest BCUT2D eigenvalue weighted by molar-refractivity contribution is 0.648. The van der Waals surface area contributed by atoms with Crippen LogP contribution in [0.1, 0.15) is 0 Å². The number of piperazine rings is 1. The summed E-state index contributed by atoms with van der Waals surface area (Å²) in [6, 6.07) is 5.88. The van der Waals surface area contributed by atoms with Crippen molar-refractivity contribution in [1.29, 1.82) is 0 Å². The molecule has 0 radical (unpaired) electrons. The molecule has 0 saturated carbocycles. The number of aromatic nitrogens is 4. The summed E-state index contributed by atoms with van der Waals surface area (Å²) in [5, 5.41) is 0.568. The smallest absolute Gasteiger partial charge is 0.323 e. The van der Waals surface area contributed by atoms with Gasteiger partial charge in [-0.3, -0.25) is 0 Å². The zero-order valence-corrected chi connectivity index (χ0v) is 13.0. The summed E-state index contributed by atoms with van der Waals surface area (Å²) in [5.74, 6) is 0.773. The van der Waals surface area contributed by atoms with Gasteiger partial charge in [0.25, 0.3) is 0 Å². The Morgan fingerprint density at radius 3 is 2.65 bits per heavy atom. The highest BCUT2D eigenvalue weighted by atomic mass is 35.5. The van der Waals surface area contributed by atoms with Crippen molar-refractivity contribution in [3.05, 3.63) is 46.2 Å². The Balaban J connectivity index is 1.57. The Labute approximate surface area is 136 Å². The summed E-state index contributed by atoms with van der Waals surface area (Å²) in [7, 11) is 0. The molecule has 0 bridgehead atoms. The number of para-hydroxylation sites is 1. The highest BCUT2D eigenvalue weighted by Crippen LogP contribution is 2.27. The summed E-state index contributed by atoms with van der Waals surface area (Å²) in [4.78, 5) is 29.8. The minimum Gasteiger partial charge on any atom is -0.366 e. The molecule has 0 unspecified atom stereocenters. The second-order valence-electron chi connectivity index (χ2n) is 5.45. The van der Waals surface area contributed by atoms with Gasteiger partial charge in [-0.25, -0.2) is 14.8 Å². The fourth-order valence-electron chi connectivity index (χ4n) is 3.00. The minimum absolute atomic E-state index is 0.182. The van der Waals surface area contributed by atoms with Crippen molar-refractivity contribution in [1.82, 2.24) is 19.9 Å². The topological polar surface area (TPSA) is 80.9 Å². The molecule has 0 amide bonds. The van der Waals surface area contributed by atoms with Crippen molar-refractivity contribution in [2.24, 2.45) is 0 Å². The van der Waals surface area contributed by atoms with E-state index in [-0.39, 0.29) is 5.69 Å². The minimum atomic E-state index is -0.182. The maximum Gasteiger partial charge on any atom is 0.323 e. The van der Waals surface area contributed by atoms with Gasteiger partial charge in [0.2, 0.25) is 0 Å². The standard InChI is InChI=1S/C15H15ClN6O/c16-10-8-17-9-18-14(10)22-6-4-21(5-7-22)12-3-1-2-11-13(12)20-15(23)19-11/h1-3,8-9H,4-7H2,(H2,19,20,23). The Hall–Kier alpha value is -2.54. The van der Waals surface area contributed by atoms with Crippen LogP contribution in [0.25, 0.3) is 11.0 Å². The first-order chi connectivity index (χ1) is 11.2. The monoisotopic (exact) mass is 330 g/mol. The van der Waals surface area contributed by atoms with Gasteiger partial charge in [-0.2, -0.15) is 0 Å². The number of H-pyrrole nitrogens is 2. The number of nitrogens with zero attached hydrogens (tertiary/aromatic N) is 4. The largest absolute Gasteiger partial charge is 0.366 e. The molecule has 0 spiro atoms. The molecule has 1 saturated heterocycles. The van der Waals surface area contributed by atoms with Crippen molar-refractivity contribution in [3.63, 3.8) is 0 Å². The average Bonchev–Trinajstić information content (AvgIpc) is 2.96. The van der Waals surface area contributed by atoms with E-state index in [4.69, 9.17) is 11.6 Å². The predicted octanol–water partition coefficient (Wildman–Crippen LogP) is 1.63. The zero-order chi connectivity index (χ0) is 15.8. The lowest BCUT2D eigenvalue weighted by atomic mass is 10.2. The average molecular weight is 331 g/mol. The van der Waals surface area contributed by atoms with E-state index in [0.717, 1.165) is 48.7 Å². The molecule has 1 aliphatic rings. The molecule has 0 atom stereocenters. The number of hydrogen-bond donors (Lipinski definition) is 2. The predicted molar refractivity (Wildman–Crippen MR) is 90.4 cm³/mol. The summed E-state index contributed by atoms with van der Waals surface area (Å²) in [6.45, 7) is 3.27. The zero-order valence-electron chi connectivity index (χ0n) is 12.3. The first kappa shape index (κ1) is 14.1. The summed E-state index contributed by atoms with van der Waals surface area (Å²) >= 11 is 6.17. The SMILES string of the molecule is O=c1[nH]c2cccc(N3CCN(c4ncncc4Cl)CC3)c2[nH]1. The van der Waals surface area contributed by atoms with Crippen LogP contribution in [0.5, 0.6) is 0 Å². The molecular weight excluding hydrogens is 316 g/mol. The van der Waals surface area contributed by atoms with E-state index >= 15 is 0 Å². The van der Waals surface area contributed by atoms with Crippen LogP contribution >= 0.6 is 11.6 Å². The van der Waals surface area contributed by atoms with Gasteiger partial charge in [0.15, 0.2) is 5.82 Å². The Kier molecular flexibility index (Phi) is 3.42. The second kappa shape index (κ2) is 5.58. The number of nitrogens with one attached hydrogen (secondary N) is 2. The molecule has 1 aromatic carbocycles. The molecule has 0 aliphatic carbocycles. The van der Waals surface area contributed by atoms with Gasteiger partial charge in [0.05, 0.1) is 22.9 Å². The highest BCUT2D eigenvalue weighted by molar-refractivity contribution is 6.32. The third kappa shape index (κ3) is 2.53. The van der Waals surface area contributed by atoms with Crippen LogP contribution in [0.4, 0.5) is 11.5 Å². The van der Waals surface area contributed by atoms with Gasteiger partial charge < -0.3 is 19.8 Å². The van der Waals surface area contributed by atoms with Crippen LogP contribution in [-0.4, -0.2) is 46.1 Å². The Morgan fingerprint density at radius 1 is 1.09 bits per heavy atom. The summed E-state index contributed by atoms with van der Waals surface area (Å²) in [6.07, 6.45) is 3.13. The maximum absolute atomic E-state index is 11.5. The molecule has 1 fully saturated rings. The number of rotatable bonds is 2. The third-order valence-corrected chi connectivity index (χ3v) is 4.36. The molecule has 4 rings (SSSR count). The van der Waals surface area contributed by atoms with E-state index in [1.165, 1.54) is 6.33 Å². The molecule has 3 aromatic rings. The fraction of sp³-hybridized carbons (Fsp3) is 0.267. The quantitative estimate of drug-likeness (QED) is 0.746. The first-order valence-corrected chi connectivity index (χ1v) is 7.76. The van der Waals surface area contributed by atoms with Crippen LogP contribution in [-0.2, 0) is 0 Å². The van der Waals surface area contributed by atoms with E-state index in [1.807, 2.05) is 18.2 Å². The third-order valence-electron chi connectivity index (χ3n) is 4.10. The van der Waals surface area contributed by atoms with Gasteiger partial charge in [0, 0.05) is 26.2 Å². The number of fused-ring (bicyclic) bond motifs is 1. The Morgan fingerprint density at radius 2 is 1.87 bits per heavy atom. The van der Waals surface area contributed by atoms with E-state index in [0.29, 0.717) is 5.02 Å². The van der Waals surface area contributed by atoms with Gasteiger partial charge >= 0.3 is 5.69 Å². The van der Waals surface area contributed by atoms with Crippen LogP contribution < -0.4 is 15.5 Å². The van der Waals surface area contributed by atoms with Crippen molar-refractivity contribution < 1.29 is 0 Å². The van der Waals surface area contributed by atoms with E-state index < -0.39 is 0 Å². The van der Waals surface area contributed by atoms with Crippen molar-refractivity contribution in [3.8, 4) is 0 Å². The molecule has 1 aliphatic heterocycles. The Bertz CT molecular complexity index is 896. The van der Waals surface area contributed by atoms with Crippen molar-refractivity contribution in [2.45, 2.75) is 0 Å². The second-order valence-corrected chi connectivity index (χ2v) is 5.85. The van der Waals surface area contributed by atoms with E-state index in [2.05, 4.69) is 29.7 Å². The molecule has 7 nitrogen and oxygen atoms in total. The number of hydrogen-bond acceptors (Lipinski definition) is 5. The number of halogens is 1. The molecule has 3 heterocycles. The molecular formula is C15H15ClN6O. The van der Waals surface area contributed by atoms with Crippen LogP contribution in [0.15, 0.2) is 35.5 Å². The molecule has 8 heteroatoms.